The first-order valence-corrected chi connectivity index (χ1v) is 16.5. The van der Waals surface area contributed by atoms with Crippen molar-refractivity contribution in [2.45, 2.75) is 29.1 Å². The molecule has 0 atom stereocenters. The van der Waals surface area contributed by atoms with E-state index >= 15 is 0 Å². The zero-order chi connectivity index (χ0) is 28.4. The van der Waals surface area contributed by atoms with Crippen molar-refractivity contribution in [3.8, 4) is 0 Å². The Morgan fingerprint density at radius 1 is 0.897 bits per heavy atom. The van der Waals surface area contributed by atoms with Crippen LogP contribution in [0.25, 0.3) is 10.8 Å². The van der Waals surface area contributed by atoms with Crippen molar-refractivity contribution in [2.75, 3.05) is 44.0 Å². The van der Waals surface area contributed by atoms with E-state index in [9.17, 15) is 34.4 Å². The monoisotopic (exact) mass is 601 g/mol. The number of nitrogens with one attached hydrogen (secondary N) is 1. The Kier molecular flexibility index (Phi) is 8.50. The third-order valence-corrected chi connectivity index (χ3v) is 8.29. The molecule has 0 spiro atoms. The Morgan fingerprint density at radius 2 is 1.54 bits per heavy atom. The van der Waals surface area contributed by atoms with Crippen LogP contribution in [0.1, 0.15) is 23.6 Å². The van der Waals surface area contributed by atoms with E-state index in [1.165, 1.54) is 18.2 Å². The third kappa shape index (κ3) is 7.87. The first kappa shape index (κ1) is 29.2. The average molecular weight is 602 g/mol. The number of anilines is 1. The molecular formula is C22H27N5O9S3. The molecule has 0 bridgehead atoms. The smallest absolute Gasteiger partial charge is 0.294 e. The molecule has 0 radical (unpaired) electrons. The number of aryl methyl sites for hydroxylation is 1. The number of benzene rings is 2. The fraction of sp³-hybridized carbons (Fsp3) is 0.409. The number of sulfonamides is 1. The first-order valence-electron chi connectivity index (χ1n) is 11.7. The summed E-state index contributed by atoms with van der Waals surface area (Å²) in [6.45, 7) is 2.22. The highest BCUT2D eigenvalue weighted by molar-refractivity contribution is 7.88. The summed E-state index contributed by atoms with van der Waals surface area (Å²) >= 11 is 0. The molecule has 1 fully saturated rings. The van der Waals surface area contributed by atoms with Crippen LogP contribution >= 0.6 is 0 Å². The molecule has 2 heterocycles. The van der Waals surface area contributed by atoms with Crippen LogP contribution in [0.3, 0.4) is 0 Å². The quantitative estimate of drug-likeness (QED) is 0.213. The molecule has 0 aliphatic carbocycles. The molecule has 1 saturated heterocycles. The fourth-order valence-electron chi connectivity index (χ4n) is 4.08. The largest absolute Gasteiger partial charge is 0.378 e. The molecule has 1 aromatic heterocycles. The number of aromatic nitrogens is 3. The van der Waals surface area contributed by atoms with Crippen LogP contribution in [0.5, 0.6) is 0 Å². The van der Waals surface area contributed by atoms with Crippen molar-refractivity contribution in [2.24, 2.45) is 0 Å². The highest BCUT2D eigenvalue weighted by Crippen LogP contribution is 2.28. The standard InChI is InChI=1S/C22H27N5O9S3/c1-37(28,29)23-6-2-3-20-24-21(26-22(25-20)27-7-9-36-10-8-27)14-16-13-18(39(33,34)35)12-15-11-17(38(30,31)32)4-5-19(15)16/h4-5,11-13,23H,2-3,6-10,14H2,1H3,(H,30,31,32)(H,33,34,35). The maximum atomic E-state index is 12.0. The van der Waals surface area contributed by atoms with Crippen LogP contribution in [0.2, 0.25) is 0 Å². The van der Waals surface area contributed by atoms with E-state index in [0.717, 1.165) is 18.4 Å². The van der Waals surface area contributed by atoms with Gasteiger partial charge in [-0.2, -0.15) is 26.8 Å². The van der Waals surface area contributed by atoms with E-state index < -0.39 is 40.1 Å². The highest BCUT2D eigenvalue weighted by atomic mass is 32.2. The van der Waals surface area contributed by atoms with Gasteiger partial charge in [-0.3, -0.25) is 9.11 Å². The summed E-state index contributed by atoms with van der Waals surface area (Å²) in [5.74, 6) is 1.07. The summed E-state index contributed by atoms with van der Waals surface area (Å²) in [6, 6.07) is 6.06. The lowest BCUT2D eigenvalue weighted by Crippen LogP contribution is -2.37. The lowest BCUT2D eigenvalue weighted by atomic mass is 10.0. The number of fused-ring (bicyclic) bond motifs is 1. The van der Waals surface area contributed by atoms with E-state index in [0.29, 0.717) is 61.9 Å². The molecule has 4 rings (SSSR count). The third-order valence-electron chi connectivity index (χ3n) is 5.88. The molecule has 39 heavy (non-hydrogen) atoms. The minimum absolute atomic E-state index is 0.000465. The van der Waals surface area contributed by atoms with Crippen LogP contribution in [-0.4, -0.2) is 88.4 Å². The fourth-order valence-corrected chi connectivity index (χ4v) is 5.68. The van der Waals surface area contributed by atoms with Gasteiger partial charge in [-0.1, -0.05) is 6.07 Å². The van der Waals surface area contributed by atoms with Gasteiger partial charge < -0.3 is 9.64 Å². The molecule has 3 N–H and O–H groups in total. The van der Waals surface area contributed by atoms with Crippen LogP contribution in [-0.2, 0) is 47.8 Å². The zero-order valence-electron chi connectivity index (χ0n) is 20.8. The molecule has 1 aliphatic rings. The summed E-state index contributed by atoms with van der Waals surface area (Å²) in [5.41, 5.74) is 0.380. The van der Waals surface area contributed by atoms with Gasteiger partial charge in [0.2, 0.25) is 16.0 Å². The Hall–Kier alpha value is -2.80. The highest BCUT2D eigenvalue weighted by Gasteiger charge is 2.20. The van der Waals surface area contributed by atoms with Gasteiger partial charge in [-0.15, -0.1) is 0 Å². The minimum Gasteiger partial charge on any atom is -0.378 e. The second kappa shape index (κ2) is 11.4. The van der Waals surface area contributed by atoms with E-state index in [-0.39, 0.29) is 24.2 Å². The van der Waals surface area contributed by atoms with Gasteiger partial charge in [-0.25, -0.2) is 18.1 Å². The van der Waals surface area contributed by atoms with Gasteiger partial charge in [0.1, 0.15) is 11.6 Å². The van der Waals surface area contributed by atoms with E-state index in [4.69, 9.17) is 4.74 Å². The molecule has 14 nitrogen and oxygen atoms in total. The van der Waals surface area contributed by atoms with Gasteiger partial charge in [0.15, 0.2) is 0 Å². The van der Waals surface area contributed by atoms with Crippen molar-refractivity contribution >= 4 is 47.0 Å². The van der Waals surface area contributed by atoms with Crippen LogP contribution < -0.4 is 9.62 Å². The van der Waals surface area contributed by atoms with Crippen molar-refractivity contribution in [3.63, 3.8) is 0 Å². The first-order chi connectivity index (χ1) is 18.2. The number of rotatable bonds is 10. The Bertz CT molecular complexity index is 1700. The molecular weight excluding hydrogens is 574 g/mol. The zero-order valence-corrected chi connectivity index (χ0v) is 23.3. The minimum atomic E-state index is -4.66. The second-order valence-electron chi connectivity index (χ2n) is 8.93. The molecule has 3 aromatic rings. The van der Waals surface area contributed by atoms with Gasteiger partial charge in [0.05, 0.1) is 29.3 Å². The van der Waals surface area contributed by atoms with Crippen LogP contribution in [0.15, 0.2) is 40.1 Å². The normalized spacial score (nSPS) is 15.1. The molecule has 1 aliphatic heterocycles. The van der Waals surface area contributed by atoms with Crippen molar-refractivity contribution < 1.29 is 39.1 Å². The molecule has 0 amide bonds. The number of nitrogens with zero attached hydrogens (tertiary/aromatic N) is 4. The predicted molar refractivity (Wildman–Crippen MR) is 140 cm³/mol. The number of ether oxygens (including phenoxy) is 1. The number of hydrogen-bond acceptors (Lipinski definition) is 11. The second-order valence-corrected chi connectivity index (χ2v) is 13.6. The van der Waals surface area contributed by atoms with E-state index in [1.54, 1.807) is 0 Å². The molecule has 0 unspecified atom stereocenters. The van der Waals surface area contributed by atoms with Crippen molar-refractivity contribution in [1.82, 2.24) is 19.7 Å². The Balaban J connectivity index is 1.75. The number of hydrogen-bond donors (Lipinski definition) is 3. The van der Waals surface area contributed by atoms with Gasteiger partial charge in [0, 0.05) is 32.5 Å². The summed E-state index contributed by atoms with van der Waals surface area (Å²) in [6.07, 6.45) is 1.81. The number of morpholine rings is 1. The summed E-state index contributed by atoms with van der Waals surface area (Å²) < 4.78 is 96.9. The maximum Gasteiger partial charge on any atom is 0.294 e. The lowest BCUT2D eigenvalue weighted by molar-refractivity contribution is 0.122. The van der Waals surface area contributed by atoms with Gasteiger partial charge in [0.25, 0.3) is 20.2 Å². The molecule has 0 saturated carbocycles. The van der Waals surface area contributed by atoms with Crippen LogP contribution in [0, 0.1) is 0 Å². The van der Waals surface area contributed by atoms with E-state index in [1.807, 2.05) is 4.90 Å². The van der Waals surface area contributed by atoms with Crippen molar-refractivity contribution in [1.29, 1.82) is 0 Å². The molecule has 212 valence electrons. The molecule has 17 heteroatoms. The van der Waals surface area contributed by atoms with Crippen LogP contribution in [0.4, 0.5) is 5.95 Å². The maximum absolute atomic E-state index is 12.0. The SMILES string of the molecule is CS(=O)(=O)NCCCc1nc(Cc2cc(S(=O)(=O)O)cc3cc(S(=O)(=O)O)ccc23)nc(N2CCOCC2)n1. The predicted octanol–water partition coefficient (Wildman–Crippen LogP) is 0.427. The Morgan fingerprint density at radius 3 is 2.18 bits per heavy atom. The van der Waals surface area contributed by atoms with Gasteiger partial charge in [-0.05, 0) is 47.0 Å². The van der Waals surface area contributed by atoms with E-state index in [2.05, 4.69) is 19.7 Å². The Labute approximate surface area is 226 Å². The summed E-state index contributed by atoms with van der Waals surface area (Å²) in [4.78, 5) is 14.6. The van der Waals surface area contributed by atoms with Gasteiger partial charge >= 0.3 is 0 Å². The lowest BCUT2D eigenvalue weighted by Gasteiger charge is -2.27. The summed E-state index contributed by atoms with van der Waals surface area (Å²) in [7, 11) is -12.6. The summed E-state index contributed by atoms with van der Waals surface area (Å²) in [5, 5.41) is 0.617. The van der Waals surface area contributed by atoms with Crippen molar-refractivity contribution in [3.05, 3.63) is 47.5 Å². The average Bonchev–Trinajstić information content (AvgIpc) is 2.85. The topological polar surface area (TPSA) is 206 Å². The molecule has 2 aromatic carbocycles.